The lowest BCUT2D eigenvalue weighted by atomic mass is 10.2. The van der Waals surface area contributed by atoms with Gasteiger partial charge in [0.25, 0.3) is 5.24 Å². The molecule has 0 radical (unpaired) electrons. The van der Waals surface area contributed by atoms with Gasteiger partial charge >= 0.3 is 0 Å². The summed E-state index contributed by atoms with van der Waals surface area (Å²) in [5.41, 5.74) is 8.68. The van der Waals surface area contributed by atoms with E-state index >= 15 is 0 Å². The number of hydrogen-bond acceptors (Lipinski definition) is 2. The van der Waals surface area contributed by atoms with Crippen LogP contribution in [0.4, 0.5) is 5.69 Å². The number of carbonyl (C=O) groups is 1. The summed E-state index contributed by atoms with van der Waals surface area (Å²) in [5.74, 6) is 0. The van der Waals surface area contributed by atoms with E-state index < -0.39 is 5.24 Å². The molecule has 0 bridgehead atoms. The first-order valence-electron chi connectivity index (χ1n) is 3.19. The lowest BCUT2D eigenvalue weighted by Crippen LogP contribution is -1.89. The molecule has 0 N–H and O–H groups in total. The Labute approximate surface area is 92.7 Å². The van der Waals surface area contributed by atoms with Crippen molar-refractivity contribution in [2.75, 3.05) is 0 Å². The third-order valence-corrected chi connectivity index (χ3v) is 2.20. The second kappa shape index (κ2) is 4.45. The Morgan fingerprint density at radius 1 is 1.62 bits per heavy atom. The van der Waals surface area contributed by atoms with E-state index in [1.807, 2.05) is 22.6 Å². The van der Waals surface area contributed by atoms with Crippen LogP contribution in [-0.4, -0.2) is 5.24 Å². The summed E-state index contributed by atoms with van der Waals surface area (Å²) < 4.78 is 0.860. The van der Waals surface area contributed by atoms with Crippen molar-refractivity contribution in [3.05, 3.63) is 37.8 Å². The van der Waals surface area contributed by atoms with Crippen LogP contribution in [0.5, 0.6) is 0 Å². The van der Waals surface area contributed by atoms with Gasteiger partial charge in [-0.15, -0.1) is 0 Å². The van der Waals surface area contributed by atoms with Crippen molar-refractivity contribution < 1.29 is 4.79 Å². The molecule has 0 aromatic heterocycles. The maximum atomic E-state index is 10.9. The first-order chi connectivity index (χ1) is 6.15. The van der Waals surface area contributed by atoms with Crippen molar-refractivity contribution in [3.63, 3.8) is 0 Å². The van der Waals surface area contributed by atoms with Gasteiger partial charge in [-0.3, -0.25) is 4.79 Å². The molecule has 4 nitrogen and oxygen atoms in total. The molecule has 0 saturated carbocycles. The maximum absolute atomic E-state index is 10.9. The molecule has 1 aromatic carbocycles. The van der Waals surface area contributed by atoms with Gasteiger partial charge in [-0.1, -0.05) is 11.2 Å². The molecule has 0 atom stereocenters. The van der Waals surface area contributed by atoms with Crippen molar-refractivity contribution in [3.8, 4) is 0 Å². The molecule has 1 rings (SSSR count). The summed E-state index contributed by atoms with van der Waals surface area (Å²) in [4.78, 5) is 13.5. The standard InChI is InChI=1S/C7H3ClIN3O/c8-7(13)5-3-4(9)1-2-6(5)11-12-10/h1-3H. The van der Waals surface area contributed by atoms with Crippen LogP contribution < -0.4 is 0 Å². The molecule has 0 heterocycles. The van der Waals surface area contributed by atoms with E-state index in [1.54, 1.807) is 18.2 Å². The summed E-state index contributed by atoms with van der Waals surface area (Å²) >= 11 is 7.33. The third kappa shape index (κ3) is 2.58. The summed E-state index contributed by atoms with van der Waals surface area (Å²) in [6, 6.07) is 4.85. The first-order valence-corrected chi connectivity index (χ1v) is 4.65. The molecule has 0 spiro atoms. The fourth-order valence-electron chi connectivity index (χ4n) is 0.801. The molecule has 0 aliphatic rings. The van der Waals surface area contributed by atoms with E-state index in [1.165, 1.54) is 0 Å². The largest absolute Gasteiger partial charge is 0.276 e. The van der Waals surface area contributed by atoms with E-state index in [9.17, 15) is 4.79 Å². The zero-order chi connectivity index (χ0) is 9.84. The highest BCUT2D eigenvalue weighted by molar-refractivity contribution is 14.1. The van der Waals surface area contributed by atoms with Gasteiger partial charge in [0.2, 0.25) is 0 Å². The number of carbonyl (C=O) groups excluding carboxylic acids is 1. The van der Waals surface area contributed by atoms with Gasteiger partial charge in [-0.2, -0.15) is 0 Å². The molecule has 0 fully saturated rings. The summed E-state index contributed by atoms with van der Waals surface area (Å²) in [7, 11) is 0. The summed E-state index contributed by atoms with van der Waals surface area (Å²) in [6.45, 7) is 0. The van der Waals surface area contributed by atoms with Crippen LogP contribution in [0.2, 0.25) is 0 Å². The normalized spacial score (nSPS) is 9.08. The lowest BCUT2D eigenvalue weighted by Gasteiger charge is -1.99. The van der Waals surface area contributed by atoms with E-state index in [4.69, 9.17) is 17.1 Å². The minimum Gasteiger partial charge on any atom is -0.276 e. The fraction of sp³-hybridized carbons (Fsp3) is 0. The molecular weight excluding hydrogens is 304 g/mol. The number of nitrogens with zero attached hydrogens (tertiary/aromatic N) is 3. The molecule has 0 aliphatic carbocycles. The fourth-order valence-corrected chi connectivity index (χ4v) is 1.44. The Morgan fingerprint density at radius 3 is 2.85 bits per heavy atom. The zero-order valence-electron chi connectivity index (χ0n) is 6.24. The minimum absolute atomic E-state index is 0.228. The highest BCUT2D eigenvalue weighted by atomic mass is 127. The van der Waals surface area contributed by atoms with Gasteiger partial charge < -0.3 is 0 Å². The predicted octanol–water partition coefficient (Wildman–Crippen LogP) is 3.61. The Hall–Kier alpha value is -0.780. The molecule has 13 heavy (non-hydrogen) atoms. The maximum Gasteiger partial charge on any atom is 0.252 e. The van der Waals surface area contributed by atoms with Crippen LogP contribution in [-0.2, 0) is 0 Å². The second-order valence-electron chi connectivity index (χ2n) is 2.12. The minimum atomic E-state index is -0.624. The average molecular weight is 307 g/mol. The van der Waals surface area contributed by atoms with Gasteiger partial charge in [0.1, 0.15) is 0 Å². The van der Waals surface area contributed by atoms with Gasteiger partial charge in [-0.25, -0.2) is 0 Å². The molecule has 0 saturated heterocycles. The SMILES string of the molecule is [N-]=[N+]=Nc1ccc(I)cc1C(=O)Cl. The quantitative estimate of drug-likeness (QED) is 0.270. The van der Waals surface area contributed by atoms with Crippen molar-refractivity contribution in [1.29, 1.82) is 0 Å². The van der Waals surface area contributed by atoms with Crippen molar-refractivity contribution in [1.82, 2.24) is 0 Å². The summed E-state index contributed by atoms with van der Waals surface area (Å²) in [6.07, 6.45) is 0. The number of azide groups is 1. The molecule has 1 aromatic rings. The van der Waals surface area contributed by atoms with E-state index in [0.29, 0.717) is 0 Å². The van der Waals surface area contributed by atoms with Gasteiger partial charge in [-0.05, 0) is 51.9 Å². The van der Waals surface area contributed by atoms with Gasteiger partial charge in [0.15, 0.2) is 0 Å². The molecular formula is C7H3ClIN3O. The van der Waals surface area contributed by atoms with Crippen LogP contribution >= 0.6 is 34.2 Å². The number of rotatable bonds is 2. The van der Waals surface area contributed by atoms with Crippen molar-refractivity contribution in [2.24, 2.45) is 5.11 Å². The Kier molecular flexibility index (Phi) is 3.53. The Morgan fingerprint density at radius 2 is 2.31 bits per heavy atom. The van der Waals surface area contributed by atoms with Crippen molar-refractivity contribution in [2.45, 2.75) is 0 Å². The Balaban J connectivity index is 3.34. The Bertz CT molecular complexity index is 401. The van der Waals surface area contributed by atoms with Crippen LogP contribution in [0.1, 0.15) is 10.4 Å². The van der Waals surface area contributed by atoms with E-state index in [2.05, 4.69) is 10.0 Å². The monoisotopic (exact) mass is 307 g/mol. The summed E-state index contributed by atoms with van der Waals surface area (Å²) in [5, 5.41) is 2.72. The number of benzene rings is 1. The molecule has 6 heteroatoms. The highest BCUT2D eigenvalue weighted by Crippen LogP contribution is 2.23. The smallest absolute Gasteiger partial charge is 0.252 e. The number of halogens is 2. The van der Waals surface area contributed by atoms with Crippen LogP contribution in [0, 0.1) is 3.57 Å². The van der Waals surface area contributed by atoms with Crippen LogP contribution in [0.25, 0.3) is 10.4 Å². The zero-order valence-corrected chi connectivity index (χ0v) is 9.15. The second-order valence-corrected chi connectivity index (χ2v) is 3.71. The molecule has 0 unspecified atom stereocenters. The van der Waals surface area contributed by atoms with Gasteiger partial charge in [0, 0.05) is 19.7 Å². The van der Waals surface area contributed by atoms with Crippen LogP contribution in [0.15, 0.2) is 23.3 Å². The molecule has 0 amide bonds. The number of hydrogen-bond donors (Lipinski definition) is 0. The van der Waals surface area contributed by atoms with E-state index in [-0.39, 0.29) is 11.3 Å². The van der Waals surface area contributed by atoms with Gasteiger partial charge in [0.05, 0.1) is 0 Å². The topological polar surface area (TPSA) is 65.8 Å². The lowest BCUT2D eigenvalue weighted by molar-refractivity contribution is 0.108. The predicted molar refractivity (Wildman–Crippen MR) is 58.1 cm³/mol. The average Bonchev–Trinajstić information content (AvgIpc) is 2.08. The third-order valence-electron chi connectivity index (χ3n) is 1.32. The van der Waals surface area contributed by atoms with E-state index in [0.717, 1.165) is 3.57 Å². The van der Waals surface area contributed by atoms with Crippen LogP contribution in [0.3, 0.4) is 0 Å². The molecule has 0 aliphatic heterocycles. The highest BCUT2D eigenvalue weighted by Gasteiger charge is 2.07. The van der Waals surface area contributed by atoms with Crippen molar-refractivity contribution >= 4 is 45.1 Å². The first kappa shape index (κ1) is 10.3. The molecule has 66 valence electrons.